The highest BCUT2D eigenvalue weighted by Crippen LogP contribution is 2.30. The van der Waals surface area contributed by atoms with E-state index in [4.69, 9.17) is 16.3 Å². The van der Waals surface area contributed by atoms with Crippen molar-refractivity contribution in [1.82, 2.24) is 0 Å². The van der Waals surface area contributed by atoms with E-state index in [0.29, 0.717) is 32.9 Å². The number of hydrogen-bond donors (Lipinski definition) is 3. The van der Waals surface area contributed by atoms with Crippen LogP contribution in [0.4, 0.5) is 11.4 Å². The number of carboxylic acid groups (broad SMARTS) is 1. The molecule has 0 aliphatic carbocycles. The van der Waals surface area contributed by atoms with Crippen molar-refractivity contribution < 1.29 is 24.2 Å². The second-order valence-corrected chi connectivity index (χ2v) is 9.91. The van der Waals surface area contributed by atoms with Gasteiger partial charge in [0, 0.05) is 27.2 Å². The zero-order chi connectivity index (χ0) is 26.5. The minimum atomic E-state index is -1.10. The lowest BCUT2D eigenvalue weighted by Crippen LogP contribution is -2.22. The molecule has 1 unspecified atom stereocenters. The summed E-state index contributed by atoms with van der Waals surface area (Å²) >= 11 is 7.49. The van der Waals surface area contributed by atoms with Crippen molar-refractivity contribution in [3.05, 3.63) is 95.0 Å². The number of aromatic carboxylic acids is 1. The number of hydrogen-bond acceptors (Lipinski definition) is 5. The number of carboxylic acids is 1. The standard InChI is InChI=1S/C28H23ClN2O5S/c1-16(26(32)31-19-11-14-24(36-2)23(29)15-19)37-20-12-9-18(10-13-20)30-27(33)21-7-3-5-17-6-4-8-22(25(17)21)28(34)35/h3-16H,1-2H3,(H,30,33)(H,31,32)(H,34,35). The van der Waals surface area contributed by atoms with Crippen molar-refractivity contribution in [3.8, 4) is 5.75 Å². The van der Waals surface area contributed by atoms with Crippen LogP contribution in [0.3, 0.4) is 0 Å². The Hall–Kier alpha value is -4.01. The molecule has 1 atom stereocenters. The van der Waals surface area contributed by atoms with Crippen LogP contribution in [0.15, 0.2) is 83.8 Å². The molecule has 2 amide bonds. The fourth-order valence-electron chi connectivity index (χ4n) is 3.77. The van der Waals surface area contributed by atoms with Gasteiger partial charge in [0.25, 0.3) is 5.91 Å². The first kappa shape index (κ1) is 26.1. The number of fused-ring (bicyclic) bond motifs is 1. The van der Waals surface area contributed by atoms with Crippen molar-refractivity contribution in [2.75, 3.05) is 17.7 Å². The van der Waals surface area contributed by atoms with Crippen LogP contribution in [-0.4, -0.2) is 35.2 Å². The average Bonchev–Trinajstić information content (AvgIpc) is 2.89. The molecule has 0 heterocycles. The van der Waals surface area contributed by atoms with Gasteiger partial charge in [-0.15, -0.1) is 11.8 Å². The number of anilines is 2. The lowest BCUT2D eigenvalue weighted by atomic mass is 9.98. The van der Waals surface area contributed by atoms with E-state index in [1.54, 1.807) is 79.7 Å². The Morgan fingerprint density at radius 3 is 2.16 bits per heavy atom. The molecule has 0 saturated heterocycles. The monoisotopic (exact) mass is 534 g/mol. The number of carbonyl (C=O) groups is 3. The summed E-state index contributed by atoms with van der Waals surface area (Å²) in [5.74, 6) is -1.17. The van der Waals surface area contributed by atoms with Crippen LogP contribution >= 0.6 is 23.4 Å². The maximum absolute atomic E-state index is 13.0. The molecular formula is C28H23ClN2O5S. The van der Waals surface area contributed by atoms with Crippen molar-refractivity contribution in [1.29, 1.82) is 0 Å². The van der Waals surface area contributed by atoms with Crippen LogP contribution < -0.4 is 15.4 Å². The van der Waals surface area contributed by atoms with Crippen molar-refractivity contribution in [3.63, 3.8) is 0 Å². The van der Waals surface area contributed by atoms with Gasteiger partial charge >= 0.3 is 5.97 Å². The zero-order valence-corrected chi connectivity index (χ0v) is 21.5. The van der Waals surface area contributed by atoms with Gasteiger partial charge in [-0.1, -0.05) is 35.9 Å². The zero-order valence-electron chi connectivity index (χ0n) is 19.9. The van der Waals surface area contributed by atoms with Gasteiger partial charge in [-0.25, -0.2) is 4.79 Å². The molecule has 37 heavy (non-hydrogen) atoms. The van der Waals surface area contributed by atoms with E-state index in [9.17, 15) is 19.5 Å². The normalized spacial score (nSPS) is 11.5. The summed E-state index contributed by atoms with van der Waals surface area (Å²) < 4.78 is 5.13. The predicted octanol–water partition coefficient (Wildman–Crippen LogP) is 6.57. The number of thioether (sulfide) groups is 1. The first-order chi connectivity index (χ1) is 17.8. The van der Waals surface area contributed by atoms with E-state index in [0.717, 1.165) is 4.90 Å². The molecule has 0 aliphatic rings. The summed E-state index contributed by atoms with van der Waals surface area (Å²) in [6.45, 7) is 1.79. The predicted molar refractivity (Wildman–Crippen MR) is 147 cm³/mol. The Bertz CT molecular complexity index is 1480. The summed E-state index contributed by atoms with van der Waals surface area (Å²) in [5.41, 5.74) is 1.46. The lowest BCUT2D eigenvalue weighted by Gasteiger charge is -2.14. The summed E-state index contributed by atoms with van der Waals surface area (Å²) in [7, 11) is 1.52. The first-order valence-corrected chi connectivity index (χ1v) is 12.5. The smallest absolute Gasteiger partial charge is 0.336 e. The van der Waals surface area contributed by atoms with Crippen molar-refractivity contribution in [2.45, 2.75) is 17.1 Å². The molecule has 0 fully saturated rings. The van der Waals surface area contributed by atoms with Gasteiger partial charge in [-0.3, -0.25) is 9.59 Å². The van der Waals surface area contributed by atoms with Crippen molar-refractivity contribution in [2.24, 2.45) is 0 Å². The van der Waals surface area contributed by atoms with E-state index in [-0.39, 0.29) is 17.0 Å². The molecule has 0 bridgehead atoms. The summed E-state index contributed by atoms with van der Waals surface area (Å²) in [6.07, 6.45) is 0. The van der Waals surface area contributed by atoms with Crippen LogP contribution in [0, 0.1) is 0 Å². The van der Waals surface area contributed by atoms with E-state index in [2.05, 4.69) is 10.6 Å². The number of nitrogens with one attached hydrogen (secondary N) is 2. The Morgan fingerprint density at radius 1 is 0.892 bits per heavy atom. The topological polar surface area (TPSA) is 105 Å². The van der Waals surface area contributed by atoms with Gasteiger partial charge in [0.05, 0.1) is 22.9 Å². The number of benzene rings is 4. The molecule has 0 saturated carbocycles. The number of carbonyl (C=O) groups excluding carboxylic acids is 2. The first-order valence-electron chi connectivity index (χ1n) is 11.2. The van der Waals surface area contributed by atoms with Gasteiger partial charge in [-0.05, 0) is 66.9 Å². The van der Waals surface area contributed by atoms with Crippen LogP contribution in [0.5, 0.6) is 5.75 Å². The van der Waals surface area contributed by atoms with Crippen LogP contribution in [0.1, 0.15) is 27.6 Å². The molecular weight excluding hydrogens is 512 g/mol. The second-order valence-electron chi connectivity index (χ2n) is 8.09. The lowest BCUT2D eigenvalue weighted by molar-refractivity contribution is -0.115. The molecule has 0 aliphatic heterocycles. The molecule has 188 valence electrons. The molecule has 7 nitrogen and oxygen atoms in total. The third-order valence-corrected chi connectivity index (χ3v) is 7.00. The van der Waals surface area contributed by atoms with E-state index in [1.807, 2.05) is 0 Å². The molecule has 3 N–H and O–H groups in total. The van der Waals surface area contributed by atoms with Gasteiger partial charge in [0.15, 0.2) is 0 Å². The highest BCUT2D eigenvalue weighted by Gasteiger charge is 2.18. The minimum absolute atomic E-state index is 0.0687. The quantitative estimate of drug-likeness (QED) is 0.221. The van der Waals surface area contributed by atoms with Crippen LogP contribution in [-0.2, 0) is 4.79 Å². The molecule has 9 heteroatoms. The summed E-state index contributed by atoms with van der Waals surface area (Å²) in [6, 6.07) is 22.1. The number of methoxy groups -OCH3 is 1. The number of ether oxygens (including phenoxy) is 1. The number of halogens is 1. The van der Waals surface area contributed by atoms with Crippen molar-refractivity contribution >= 4 is 63.3 Å². The minimum Gasteiger partial charge on any atom is -0.495 e. The molecule has 0 spiro atoms. The van der Waals surface area contributed by atoms with Gasteiger partial charge in [0.2, 0.25) is 5.91 Å². The van der Waals surface area contributed by atoms with E-state index < -0.39 is 17.1 Å². The molecule has 4 aromatic rings. The van der Waals surface area contributed by atoms with Gasteiger partial charge < -0.3 is 20.5 Å². The van der Waals surface area contributed by atoms with Gasteiger partial charge in [0.1, 0.15) is 5.75 Å². The van der Waals surface area contributed by atoms with Crippen LogP contribution in [0.25, 0.3) is 10.8 Å². The van der Waals surface area contributed by atoms with Crippen LogP contribution in [0.2, 0.25) is 5.02 Å². The third kappa shape index (κ3) is 6.04. The molecule has 4 rings (SSSR count). The average molecular weight is 535 g/mol. The van der Waals surface area contributed by atoms with E-state index >= 15 is 0 Å². The Balaban J connectivity index is 1.42. The Labute approximate surface area is 222 Å². The fourth-order valence-corrected chi connectivity index (χ4v) is 4.89. The van der Waals surface area contributed by atoms with Gasteiger partial charge in [-0.2, -0.15) is 0 Å². The third-order valence-electron chi connectivity index (χ3n) is 5.59. The fraction of sp³-hybridized carbons (Fsp3) is 0.107. The molecule has 0 aromatic heterocycles. The molecule has 0 radical (unpaired) electrons. The Morgan fingerprint density at radius 2 is 1.54 bits per heavy atom. The SMILES string of the molecule is COc1ccc(NC(=O)C(C)Sc2ccc(NC(=O)c3cccc4cccc(C(=O)O)c34)cc2)cc1Cl. The van der Waals surface area contributed by atoms with E-state index in [1.165, 1.54) is 24.9 Å². The molecule has 4 aromatic carbocycles. The Kier molecular flexibility index (Phi) is 8.01. The maximum atomic E-state index is 13.0. The highest BCUT2D eigenvalue weighted by atomic mass is 35.5. The maximum Gasteiger partial charge on any atom is 0.336 e. The summed E-state index contributed by atoms with van der Waals surface area (Å²) in [5, 5.41) is 16.3. The second kappa shape index (κ2) is 11.4. The number of amides is 2. The number of rotatable bonds is 8. The summed E-state index contributed by atoms with van der Waals surface area (Å²) in [4.78, 5) is 38.2. The highest BCUT2D eigenvalue weighted by molar-refractivity contribution is 8.00. The largest absolute Gasteiger partial charge is 0.495 e.